The summed E-state index contributed by atoms with van der Waals surface area (Å²) in [6.07, 6.45) is 1.97. The molecule has 2 aliphatic rings. The van der Waals surface area contributed by atoms with Crippen molar-refractivity contribution in [2.24, 2.45) is 0 Å². The van der Waals surface area contributed by atoms with E-state index >= 15 is 0 Å². The number of Topliss-reactive ketones (excluding diaryl/α,β-unsaturated/α-hetero) is 1. The molecule has 0 atom stereocenters. The number of nitrogens with zero attached hydrogens (tertiary/aromatic N) is 1. The van der Waals surface area contributed by atoms with Crippen LogP contribution >= 0.6 is 0 Å². The normalized spacial score (nSPS) is 16.0. The van der Waals surface area contributed by atoms with Crippen molar-refractivity contribution < 1.29 is 22.7 Å². The lowest BCUT2D eigenvalue weighted by Gasteiger charge is -2.17. The van der Waals surface area contributed by atoms with Gasteiger partial charge in [0.15, 0.2) is 11.5 Å². The van der Waals surface area contributed by atoms with Gasteiger partial charge in [-0.15, -0.1) is 0 Å². The molecule has 5 rings (SSSR count). The fraction of sp³-hybridized carbons (Fsp3) is 0.296. The first-order valence-corrected chi connectivity index (χ1v) is 12.7. The molecule has 0 spiro atoms. The first-order chi connectivity index (χ1) is 16.2. The van der Waals surface area contributed by atoms with Gasteiger partial charge in [0, 0.05) is 20.5 Å². The van der Waals surface area contributed by atoms with Crippen LogP contribution in [0.4, 0.5) is 0 Å². The highest BCUT2D eigenvalue weighted by atomic mass is 32.2. The van der Waals surface area contributed by atoms with Crippen molar-refractivity contribution in [1.29, 1.82) is 0 Å². The van der Waals surface area contributed by atoms with Crippen LogP contribution in [-0.2, 0) is 26.7 Å². The van der Waals surface area contributed by atoms with Gasteiger partial charge in [0.25, 0.3) is 0 Å². The lowest BCUT2D eigenvalue weighted by Crippen LogP contribution is -2.22. The maximum Gasteiger partial charge on any atom is 0.242 e. The fourth-order valence-electron chi connectivity index (χ4n) is 4.53. The third-order valence-electron chi connectivity index (χ3n) is 6.80. The highest BCUT2D eigenvalue weighted by Gasteiger charge is 2.50. The number of rotatable bonds is 7. The maximum absolute atomic E-state index is 13.4. The summed E-state index contributed by atoms with van der Waals surface area (Å²) in [4.78, 5) is 13.7. The van der Waals surface area contributed by atoms with Crippen molar-refractivity contribution in [2.45, 2.75) is 36.5 Å². The minimum Gasteiger partial charge on any atom is -0.454 e. The smallest absolute Gasteiger partial charge is 0.242 e. The largest absolute Gasteiger partial charge is 0.454 e. The second-order valence-electron chi connectivity index (χ2n) is 9.21. The molecular weight excluding hydrogens is 450 g/mol. The Morgan fingerprint density at radius 3 is 2.47 bits per heavy atom. The van der Waals surface area contributed by atoms with Crippen LogP contribution in [0, 0.1) is 6.92 Å². The summed E-state index contributed by atoms with van der Waals surface area (Å²) in [5.41, 5.74) is 4.19. The number of fused-ring (bicyclic) bond motifs is 1. The van der Waals surface area contributed by atoms with Crippen LogP contribution in [0.1, 0.15) is 29.5 Å². The number of ether oxygens (including phenoxy) is 2. The van der Waals surface area contributed by atoms with Gasteiger partial charge in [-0.2, -0.15) is 0 Å². The Bertz CT molecular complexity index is 1390. The number of aryl methyl sites for hydroxylation is 1. The monoisotopic (exact) mass is 477 g/mol. The second kappa shape index (κ2) is 8.25. The van der Waals surface area contributed by atoms with E-state index in [1.54, 1.807) is 18.2 Å². The van der Waals surface area contributed by atoms with Gasteiger partial charge in [-0.05, 0) is 71.8 Å². The van der Waals surface area contributed by atoms with Crippen molar-refractivity contribution in [3.63, 3.8) is 0 Å². The summed E-state index contributed by atoms with van der Waals surface area (Å²) in [6, 6.07) is 18.7. The van der Waals surface area contributed by atoms with Gasteiger partial charge in [0.2, 0.25) is 16.8 Å². The average molecular weight is 478 g/mol. The Labute approximate surface area is 200 Å². The molecular formula is C27H27NO5S. The topological polar surface area (TPSA) is 72.9 Å². The van der Waals surface area contributed by atoms with Gasteiger partial charge in [-0.1, -0.05) is 36.4 Å². The molecule has 7 heteroatoms. The van der Waals surface area contributed by atoms with Crippen LogP contribution in [0.2, 0.25) is 0 Å². The minimum absolute atomic E-state index is 0.185. The summed E-state index contributed by atoms with van der Waals surface area (Å²) in [5, 5.41) is 0. The van der Waals surface area contributed by atoms with Crippen LogP contribution in [-0.4, -0.2) is 39.4 Å². The van der Waals surface area contributed by atoms with Crippen LogP contribution in [0.15, 0.2) is 65.6 Å². The van der Waals surface area contributed by atoms with E-state index in [0.717, 1.165) is 40.7 Å². The number of hydrogen-bond acceptors (Lipinski definition) is 5. The van der Waals surface area contributed by atoms with Gasteiger partial charge in [-0.3, -0.25) is 4.79 Å². The summed E-state index contributed by atoms with van der Waals surface area (Å²) >= 11 is 0. The minimum atomic E-state index is -3.54. The number of benzene rings is 3. The van der Waals surface area contributed by atoms with Gasteiger partial charge >= 0.3 is 0 Å². The van der Waals surface area contributed by atoms with Crippen LogP contribution in [0.5, 0.6) is 11.5 Å². The first kappa shape index (κ1) is 22.6. The maximum atomic E-state index is 13.4. The highest BCUT2D eigenvalue weighted by Crippen LogP contribution is 2.51. The van der Waals surface area contributed by atoms with Crippen LogP contribution in [0.25, 0.3) is 11.1 Å². The van der Waals surface area contributed by atoms with Crippen molar-refractivity contribution >= 4 is 15.8 Å². The molecule has 0 unspecified atom stereocenters. The summed E-state index contributed by atoms with van der Waals surface area (Å²) in [7, 11) is -0.493. The lowest BCUT2D eigenvalue weighted by molar-refractivity contribution is -0.120. The second-order valence-corrected chi connectivity index (χ2v) is 11.4. The molecule has 0 amide bonds. The van der Waals surface area contributed by atoms with Crippen molar-refractivity contribution in [3.8, 4) is 22.6 Å². The predicted molar refractivity (Wildman–Crippen MR) is 130 cm³/mol. The predicted octanol–water partition coefficient (Wildman–Crippen LogP) is 4.48. The van der Waals surface area contributed by atoms with Gasteiger partial charge in [0.1, 0.15) is 5.78 Å². The molecule has 34 heavy (non-hydrogen) atoms. The number of carbonyl (C=O) groups is 1. The zero-order valence-electron chi connectivity index (χ0n) is 19.5. The molecule has 1 heterocycles. The van der Waals surface area contributed by atoms with E-state index in [4.69, 9.17) is 9.47 Å². The molecule has 0 bridgehead atoms. The van der Waals surface area contributed by atoms with E-state index in [1.807, 2.05) is 49.4 Å². The quantitative estimate of drug-likeness (QED) is 0.502. The molecule has 0 radical (unpaired) electrons. The Morgan fingerprint density at radius 2 is 1.74 bits per heavy atom. The molecule has 1 aliphatic heterocycles. The fourth-order valence-corrected chi connectivity index (χ4v) is 5.48. The SMILES string of the molecule is Cc1ccc(CC(=O)C2(c3ccc4c(c3)OCO4)CC2)cc1-c1cccc(S(=O)(=O)N(C)C)c1. The van der Waals surface area contributed by atoms with Crippen LogP contribution < -0.4 is 9.47 Å². The number of carbonyl (C=O) groups excluding carboxylic acids is 1. The van der Waals surface area contributed by atoms with E-state index in [9.17, 15) is 13.2 Å². The first-order valence-electron chi connectivity index (χ1n) is 11.3. The summed E-state index contributed by atoms with van der Waals surface area (Å²) in [5.74, 6) is 1.60. The molecule has 0 saturated heterocycles. The molecule has 3 aromatic rings. The number of ketones is 1. The van der Waals surface area contributed by atoms with Crippen molar-refractivity contribution in [3.05, 3.63) is 77.4 Å². The van der Waals surface area contributed by atoms with Crippen molar-refractivity contribution in [1.82, 2.24) is 4.31 Å². The summed E-state index contributed by atoms with van der Waals surface area (Å²) in [6.45, 7) is 2.20. The molecule has 1 fully saturated rings. The third-order valence-corrected chi connectivity index (χ3v) is 8.61. The highest BCUT2D eigenvalue weighted by molar-refractivity contribution is 7.89. The molecule has 0 N–H and O–H groups in total. The molecule has 1 aliphatic carbocycles. The van der Waals surface area contributed by atoms with E-state index in [-0.39, 0.29) is 17.5 Å². The Balaban J connectivity index is 1.42. The van der Waals surface area contributed by atoms with Gasteiger partial charge < -0.3 is 9.47 Å². The molecule has 176 valence electrons. The molecule has 6 nitrogen and oxygen atoms in total. The zero-order chi connectivity index (χ0) is 24.1. The number of sulfonamides is 1. The molecule has 1 saturated carbocycles. The van der Waals surface area contributed by atoms with E-state index < -0.39 is 15.4 Å². The van der Waals surface area contributed by atoms with Gasteiger partial charge in [-0.25, -0.2) is 12.7 Å². The van der Waals surface area contributed by atoms with E-state index in [1.165, 1.54) is 18.4 Å². The van der Waals surface area contributed by atoms with E-state index in [0.29, 0.717) is 17.9 Å². The Morgan fingerprint density at radius 1 is 0.971 bits per heavy atom. The Hall–Kier alpha value is -3.16. The van der Waals surface area contributed by atoms with E-state index in [2.05, 4.69) is 0 Å². The molecule has 3 aromatic carbocycles. The zero-order valence-corrected chi connectivity index (χ0v) is 20.3. The summed E-state index contributed by atoms with van der Waals surface area (Å²) < 4.78 is 37.3. The van der Waals surface area contributed by atoms with Crippen LogP contribution in [0.3, 0.4) is 0 Å². The van der Waals surface area contributed by atoms with Gasteiger partial charge in [0.05, 0.1) is 10.3 Å². The number of hydrogen-bond donors (Lipinski definition) is 0. The lowest BCUT2D eigenvalue weighted by atomic mass is 9.87. The van der Waals surface area contributed by atoms with Crippen molar-refractivity contribution in [2.75, 3.05) is 20.9 Å². The average Bonchev–Trinajstić information content (AvgIpc) is 3.51. The third kappa shape index (κ3) is 3.89. The molecule has 0 aromatic heterocycles. The Kier molecular flexibility index (Phi) is 5.49. The standard InChI is InChI=1S/C27H27NO5S/c1-18-7-8-19(13-23(18)20-5-4-6-22(15-20)34(30,31)28(2)3)14-26(29)27(11-12-27)21-9-10-24-25(16-21)33-17-32-24/h4-10,13,15-16H,11-12,14,17H2,1-3H3.